The molecule has 0 bridgehead atoms. The molecule has 1 unspecified atom stereocenters. The van der Waals surface area contributed by atoms with Gasteiger partial charge in [-0.1, -0.05) is 17.3 Å². The van der Waals surface area contributed by atoms with Gasteiger partial charge in [-0.25, -0.2) is 4.68 Å². The number of rotatable bonds is 4. The molecule has 0 radical (unpaired) electrons. The molecule has 1 aromatic heterocycles. The van der Waals surface area contributed by atoms with E-state index in [9.17, 15) is 9.90 Å². The Morgan fingerprint density at radius 3 is 3.00 bits per heavy atom. The van der Waals surface area contributed by atoms with E-state index in [0.717, 1.165) is 18.7 Å². The van der Waals surface area contributed by atoms with Gasteiger partial charge in [0.05, 0.1) is 18.3 Å². The highest BCUT2D eigenvalue weighted by Gasteiger charge is 2.22. The van der Waals surface area contributed by atoms with E-state index < -0.39 is 0 Å². The molecule has 0 spiro atoms. The third kappa shape index (κ3) is 2.87. The van der Waals surface area contributed by atoms with Gasteiger partial charge in [-0.15, -0.1) is 5.10 Å². The summed E-state index contributed by atoms with van der Waals surface area (Å²) in [5.41, 5.74) is 1.13. The van der Waals surface area contributed by atoms with E-state index in [2.05, 4.69) is 20.9 Å². The summed E-state index contributed by atoms with van der Waals surface area (Å²) in [5, 5.41) is 23.3. The predicted molar refractivity (Wildman–Crippen MR) is 75.9 cm³/mol. The van der Waals surface area contributed by atoms with E-state index in [1.54, 1.807) is 29.1 Å². The molecule has 1 atom stereocenters. The number of carbonyl (C=O) groups is 1. The fourth-order valence-corrected chi connectivity index (χ4v) is 2.17. The lowest BCUT2D eigenvalue weighted by molar-refractivity contribution is 0.0934. The van der Waals surface area contributed by atoms with Crippen molar-refractivity contribution in [1.29, 1.82) is 0 Å². The topological polar surface area (TPSA) is 92.1 Å². The van der Waals surface area contributed by atoms with Gasteiger partial charge < -0.3 is 15.7 Å². The number of nitrogens with one attached hydrogen (secondary N) is 2. The van der Waals surface area contributed by atoms with Crippen LogP contribution in [0.25, 0.3) is 0 Å². The minimum absolute atomic E-state index is 0.178. The smallest absolute Gasteiger partial charge is 0.273 e. The molecule has 110 valence electrons. The van der Waals surface area contributed by atoms with Crippen molar-refractivity contribution in [1.82, 2.24) is 25.6 Å². The summed E-state index contributed by atoms with van der Waals surface area (Å²) in [7, 11) is 0. The van der Waals surface area contributed by atoms with Crippen LogP contribution < -0.4 is 10.6 Å². The summed E-state index contributed by atoms with van der Waals surface area (Å²) in [6.07, 6.45) is 1.66. The Hall–Kier alpha value is -2.41. The molecule has 1 saturated heterocycles. The van der Waals surface area contributed by atoms with Gasteiger partial charge in [0, 0.05) is 13.1 Å². The molecular formula is C14H17N5O2. The summed E-state index contributed by atoms with van der Waals surface area (Å²) in [6, 6.07) is 6.87. The predicted octanol–water partition coefficient (Wildman–Crippen LogP) is 0.619. The Labute approximate surface area is 122 Å². The lowest BCUT2D eigenvalue weighted by Crippen LogP contribution is -2.43. The first-order chi connectivity index (χ1) is 10.1. The van der Waals surface area contributed by atoms with Crippen LogP contribution in [0.4, 0.5) is 0 Å². The van der Waals surface area contributed by atoms with E-state index in [-0.39, 0.29) is 23.7 Å². The van der Waals surface area contributed by atoms with E-state index in [1.165, 1.54) is 0 Å². The van der Waals surface area contributed by atoms with Gasteiger partial charge in [-0.3, -0.25) is 4.79 Å². The van der Waals surface area contributed by atoms with Crippen molar-refractivity contribution < 1.29 is 9.90 Å². The lowest BCUT2D eigenvalue weighted by atomic mass is 10.1. The molecule has 3 rings (SSSR count). The number of amides is 1. The second-order valence-corrected chi connectivity index (χ2v) is 5.19. The quantitative estimate of drug-likeness (QED) is 0.766. The Morgan fingerprint density at radius 2 is 2.33 bits per heavy atom. The van der Waals surface area contributed by atoms with Crippen molar-refractivity contribution >= 4 is 5.91 Å². The molecule has 7 heteroatoms. The molecule has 0 saturated carbocycles. The summed E-state index contributed by atoms with van der Waals surface area (Å²) >= 11 is 0. The number of aromatic hydroxyl groups is 1. The molecule has 1 aliphatic heterocycles. The van der Waals surface area contributed by atoms with Crippen molar-refractivity contribution in [3.63, 3.8) is 0 Å². The normalized spacial score (nSPS) is 16.2. The maximum absolute atomic E-state index is 12.2. The Morgan fingerprint density at radius 1 is 1.52 bits per heavy atom. The summed E-state index contributed by atoms with van der Waals surface area (Å²) in [5.74, 6) is -0.0959. The average molecular weight is 287 g/mol. The standard InChI is InChI=1S/C14H17N5O2/c1-9(10-3-2-4-12(20)5-10)16-14(21)13-8-19(18-17-13)11-6-15-7-11/h2-5,8-9,11,15,20H,6-7H2,1H3,(H,16,21). The maximum Gasteiger partial charge on any atom is 0.273 e. The van der Waals surface area contributed by atoms with Crippen LogP contribution in [0.3, 0.4) is 0 Å². The number of carbonyl (C=O) groups excluding carboxylic acids is 1. The third-order valence-corrected chi connectivity index (χ3v) is 3.59. The highest BCUT2D eigenvalue weighted by Crippen LogP contribution is 2.18. The van der Waals surface area contributed by atoms with E-state index in [0.29, 0.717) is 5.69 Å². The molecule has 1 amide bonds. The van der Waals surface area contributed by atoms with Gasteiger partial charge in [0.2, 0.25) is 0 Å². The molecule has 3 N–H and O–H groups in total. The van der Waals surface area contributed by atoms with E-state index >= 15 is 0 Å². The number of hydrogen-bond donors (Lipinski definition) is 3. The monoisotopic (exact) mass is 287 g/mol. The Kier molecular flexibility index (Phi) is 3.57. The largest absolute Gasteiger partial charge is 0.508 e. The zero-order valence-corrected chi connectivity index (χ0v) is 11.7. The summed E-state index contributed by atoms with van der Waals surface area (Å²) < 4.78 is 1.71. The number of nitrogens with zero attached hydrogens (tertiary/aromatic N) is 3. The van der Waals surface area contributed by atoms with Crippen LogP contribution in [0.15, 0.2) is 30.5 Å². The Bertz CT molecular complexity index is 650. The third-order valence-electron chi connectivity index (χ3n) is 3.59. The highest BCUT2D eigenvalue weighted by atomic mass is 16.3. The molecule has 1 aromatic carbocycles. The minimum atomic E-state index is -0.274. The van der Waals surface area contributed by atoms with Crippen molar-refractivity contribution in [2.45, 2.75) is 19.0 Å². The van der Waals surface area contributed by atoms with Crippen molar-refractivity contribution in [2.24, 2.45) is 0 Å². The SMILES string of the molecule is CC(NC(=O)c1cn(C2CNC2)nn1)c1cccc(O)c1. The fourth-order valence-electron chi connectivity index (χ4n) is 2.17. The first kappa shape index (κ1) is 13.6. The summed E-state index contributed by atoms with van der Waals surface area (Å²) in [4.78, 5) is 12.2. The van der Waals surface area contributed by atoms with Gasteiger partial charge in [0.25, 0.3) is 5.91 Å². The second kappa shape index (κ2) is 5.53. The molecule has 21 heavy (non-hydrogen) atoms. The van der Waals surface area contributed by atoms with E-state index in [4.69, 9.17) is 0 Å². The number of phenols is 1. The first-order valence-corrected chi connectivity index (χ1v) is 6.86. The molecule has 1 aliphatic rings. The van der Waals surface area contributed by atoms with Crippen LogP contribution >= 0.6 is 0 Å². The molecule has 7 nitrogen and oxygen atoms in total. The molecule has 0 aliphatic carbocycles. The van der Waals surface area contributed by atoms with Crippen LogP contribution in [0, 0.1) is 0 Å². The lowest BCUT2D eigenvalue weighted by Gasteiger charge is -2.26. The van der Waals surface area contributed by atoms with Crippen molar-refractivity contribution in [2.75, 3.05) is 13.1 Å². The van der Waals surface area contributed by atoms with Crippen molar-refractivity contribution in [3.8, 4) is 5.75 Å². The van der Waals surface area contributed by atoms with Crippen LogP contribution in [0.2, 0.25) is 0 Å². The molecule has 2 heterocycles. The van der Waals surface area contributed by atoms with Crippen LogP contribution in [-0.4, -0.2) is 39.1 Å². The number of hydrogen-bond acceptors (Lipinski definition) is 5. The van der Waals surface area contributed by atoms with Crippen LogP contribution in [0.5, 0.6) is 5.75 Å². The highest BCUT2D eigenvalue weighted by molar-refractivity contribution is 5.92. The minimum Gasteiger partial charge on any atom is -0.508 e. The summed E-state index contributed by atoms with van der Waals surface area (Å²) in [6.45, 7) is 3.56. The van der Waals surface area contributed by atoms with Crippen LogP contribution in [0.1, 0.15) is 35.1 Å². The number of phenolic OH excluding ortho intramolecular Hbond substituents is 1. The van der Waals surface area contributed by atoms with Gasteiger partial charge in [0.1, 0.15) is 5.75 Å². The van der Waals surface area contributed by atoms with Crippen LogP contribution in [-0.2, 0) is 0 Å². The molecule has 1 fully saturated rings. The Balaban J connectivity index is 1.66. The van der Waals surface area contributed by atoms with Crippen molar-refractivity contribution in [3.05, 3.63) is 41.7 Å². The maximum atomic E-state index is 12.2. The number of aromatic nitrogens is 3. The van der Waals surface area contributed by atoms with Gasteiger partial charge >= 0.3 is 0 Å². The van der Waals surface area contributed by atoms with Gasteiger partial charge in [-0.2, -0.15) is 0 Å². The fraction of sp³-hybridized carbons (Fsp3) is 0.357. The zero-order chi connectivity index (χ0) is 14.8. The average Bonchev–Trinajstić information content (AvgIpc) is 2.86. The molecular weight excluding hydrogens is 270 g/mol. The van der Waals surface area contributed by atoms with Gasteiger partial charge in [-0.05, 0) is 24.6 Å². The molecule has 2 aromatic rings. The van der Waals surface area contributed by atoms with Gasteiger partial charge in [0.15, 0.2) is 5.69 Å². The second-order valence-electron chi connectivity index (χ2n) is 5.19. The first-order valence-electron chi connectivity index (χ1n) is 6.86. The zero-order valence-electron chi connectivity index (χ0n) is 11.7. The van der Waals surface area contributed by atoms with E-state index in [1.807, 2.05) is 13.0 Å². The number of benzene rings is 1.